The average Bonchev–Trinajstić information content (AvgIpc) is 2.99. The van der Waals surface area contributed by atoms with Gasteiger partial charge in [-0.2, -0.15) is 5.10 Å². The molecule has 4 nitrogen and oxygen atoms in total. The molecule has 0 saturated carbocycles. The highest BCUT2D eigenvalue weighted by Gasteiger charge is 2.10. The molecule has 0 fully saturated rings. The highest BCUT2D eigenvalue weighted by atomic mass is 15.3. The van der Waals surface area contributed by atoms with Crippen LogP contribution in [0.2, 0.25) is 0 Å². The van der Waals surface area contributed by atoms with E-state index in [-0.39, 0.29) is 0 Å². The minimum atomic E-state index is 0.493. The SMILES string of the molecule is Nc1nc2ccccc2c2cn(CCc3ccccc3)nc12. The zero-order valence-electron chi connectivity index (χ0n) is 12.1. The van der Waals surface area contributed by atoms with Crippen LogP contribution in [0.4, 0.5) is 5.82 Å². The topological polar surface area (TPSA) is 56.7 Å². The molecule has 0 atom stereocenters. The maximum Gasteiger partial charge on any atom is 0.152 e. The largest absolute Gasteiger partial charge is 0.382 e. The van der Waals surface area contributed by atoms with Gasteiger partial charge in [-0.1, -0.05) is 48.5 Å². The van der Waals surface area contributed by atoms with Crippen LogP contribution in [-0.4, -0.2) is 14.8 Å². The Kier molecular flexibility index (Phi) is 3.00. The van der Waals surface area contributed by atoms with Crippen molar-refractivity contribution in [1.82, 2.24) is 14.8 Å². The van der Waals surface area contributed by atoms with E-state index >= 15 is 0 Å². The van der Waals surface area contributed by atoms with Gasteiger partial charge in [-0.3, -0.25) is 4.68 Å². The number of fused-ring (bicyclic) bond motifs is 3. The van der Waals surface area contributed by atoms with E-state index in [9.17, 15) is 0 Å². The van der Waals surface area contributed by atoms with E-state index in [0.29, 0.717) is 5.82 Å². The van der Waals surface area contributed by atoms with Gasteiger partial charge in [-0.05, 0) is 18.1 Å². The predicted octanol–water partition coefficient (Wildman–Crippen LogP) is 3.41. The lowest BCUT2D eigenvalue weighted by atomic mass is 10.1. The first-order valence-corrected chi connectivity index (χ1v) is 7.36. The molecule has 0 spiro atoms. The van der Waals surface area contributed by atoms with E-state index < -0.39 is 0 Å². The number of pyridine rings is 1. The van der Waals surface area contributed by atoms with Crippen LogP contribution in [0, 0.1) is 0 Å². The molecular weight excluding hydrogens is 272 g/mol. The third-order valence-electron chi connectivity index (χ3n) is 3.91. The molecule has 2 aromatic heterocycles. The van der Waals surface area contributed by atoms with Crippen molar-refractivity contribution >= 4 is 27.6 Å². The van der Waals surface area contributed by atoms with Gasteiger partial charge in [0, 0.05) is 23.5 Å². The van der Waals surface area contributed by atoms with E-state index in [1.807, 2.05) is 28.9 Å². The lowest BCUT2D eigenvalue weighted by molar-refractivity contribution is 0.621. The Hall–Kier alpha value is -2.88. The van der Waals surface area contributed by atoms with Gasteiger partial charge in [-0.25, -0.2) is 4.98 Å². The predicted molar refractivity (Wildman–Crippen MR) is 89.6 cm³/mol. The summed E-state index contributed by atoms with van der Waals surface area (Å²) in [5.74, 6) is 0.493. The van der Waals surface area contributed by atoms with Gasteiger partial charge < -0.3 is 5.73 Å². The van der Waals surface area contributed by atoms with E-state index in [0.717, 1.165) is 34.8 Å². The third-order valence-corrected chi connectivity index (χ3v) is 3.91. The molecule has 0 bridgehead atoms. The van der Waals surface area contributed by atoms with Crippen molar-refractivity contribution in [3.63, 3.8) is 0 Å². The molecule has 4 aromatic rings. The fraction of sp³-hybridized carbons (Fsp3) is 0.111. The van der Waals surface area contributed by atoms with Gasteiger partial charge >= 0.3 is 0 Å². The third kappa shape index (κ3) is 2.19. The fourth-order valence-corrected chi connectivity index (χ4v) is 2.79. The molecular formula is C18H16N4. The van der Waals surface area contributed by atoms with Crippen LogP contribution in [-0.2, 0) is 13.0 Å². The number of nitrogens with two attached hydrogens (primary N) is 1. The molecule has 2 heterocycles. The van der Waals surface area contributed by atoms with E-state index in [1.165, 1.54) is 5.56 Å². The van der Waals surface area contributed by atoms with Crippen LogP contribution in [0.1, 0.15) is 5.56 Å². The van der Waals surface area contributed by atoms with Crippen molar-refractivity contribution in [3.8, 4) is 0 Å². The van der Waals surface area contributed by atoms with Gasteiger partial charge in [-0.15, -0.1) is 0 Å². The minimum Gasteiger partial charge on any atom is -0.382 e. The maximum absolute atomic E-state index is 6.06. The monoisotopic (exact) mass is 288 g/mol. The molecule has 22 heavy (non-hydrogen) atoms. The number of nitrogens with zero attached hydrogens (tertiary/aromatic N) is 3. The lowest BCUT2D eigenvalue weighted by Gasteiger charge is -2.01. The van der Waals surface area contributed by atoms with Gasteiger partial charge in [0.15, 0.2) is 5.82 Å². The lowest BCUT2D eigenvalue weighted by Crippen LogP contribution is -2.01. The molecule has 4 heteroatoms. The van der Waals surface area contributed by atoms with Gasteiger partial charge in [0.05, 0.1) is 5.52 Å². The molecule has 0 radical (unpaired) electrons. The van der Waals surface area contributed by atoms with Gasteiger partial charge in [0.25, 0.3) is 0 Å². The van der Waals surface area contributed by atoms with E-state index in [2.05, 4.69) is 46.6 Å². The van der Waals surface area contributed by atoms with Crippen molar-refractivity contribution < 1.29 is 0 Å². The first-order valence-electron chi connectivity index (χ1n) is 7.36. The molecule has 0 unspecified atom stereocenters. The van der Waals surface area contributed by atoms with E-state index in [1.54, 1.807) is 0 Å². The van der Waals surface area contributed by atoms with Gasteiger partial charge in [0.2, 0.25) is 0 Å². The Balaban J connectivity index is 1.74. The van der Waals surface area contributed by atoms with Crippen molar-refractivity contribution in [1.29, 1.82) is 0 Å². The normalized spacial score (nSPS) is 11.3. The number of nitrogen functional groups attached to an aromatic ring is 1. The number of para-hydroxylation sites is 1. The first kappa shape index (κ1) is 12.8. The number of anilines is 1. The second-order valence-corrected chi connectivity index (χ2v) is 5.40. The first-order chi connectivity index (χ1) is 10.8. The minimum absolute atomic E-state index is 0.493. The summed E-state index contributed by atoms with van der Waals surface area (Å²) in [5.41, 5.74) is 9.06. The molecule has 2 aromatic carbocycles. The van der Waals surface area contributed by atoms with Crippen molar-refractivity contribution in [2.45, 2.75) is 13.0 Å². The van der Waals surface area contributed by atoms with Crippen LogP contribution < -0.4 is 5.73 Å². The Morgan fingerprint density at radius 2 is 1.68 bits per heavy atom. The quantitative estimate of drug-likeness (QED) is 0.628. The molecule has 0 amide bonds. The number of hydrogen-bond donors (Lipinski definition) is 1. The number of benzene rings is 2. The maximum atomic E-state index is 6.06. The smallest absolute Gasteiger partial charge is 0.152 e. The molecule has 4 rings (SSSR count). The number of hydrogen-bond acceptors (Lipinski definition) is 3. The zero-order chi connectivity index (χ0) is 14.9. The Labute approximate surface area is 128 Å². The van der Waals surface area contributed by atoms with Crippen molar-refractivity contribution in [3.05, 3.63) is 66.4 Å². The summed E-state index contributed by atoms with van der Waals surface area (Å²) in [6, 6.07) is 18.4. The van der Waals surface area contributed by atoms with Crippen LogP contribution >= 0.6 is 0 Å². The molecule has 108 valence electrons. The summed E-state index contributed by atoms with van der Waals surface area (Å²) in [4.78, 5) is 4.44. The van der Waals surface area contributed by atoms with Crippen LogP contribution in [0.15, 0.2) is 60.8 Å². The van der Waals surface area contributed by atoms with Crippen molar-refractivity contribution in [2.75, 3.05) is 5.73 Å². The summed E-state index contributed by atoms with van der Waals surface area (Å²) in [7, 11) is 0. The summed E-state index contributed by atoms with van der Waals surface area (Å²) in [5, 5.41) is 6.77. The average molecular weight is 288 g/mol. The highest BCUT2D eigenvalue weighted by Crippen LogP contribution is 2.26. The van der Waals surface area contributed by atoms with Gasteiger partial charge in [0.1, 0.15) is 5.52 Å². The highest BCUT2D eigenvalue weighted by molar-refractivity contribution is 6.07. The molecule has 0 aliphatic heterocycles. The van der Waals surface area contributed by atoms with Crippen LogP contribution in [0.25, 0.3) is 21.8 Å². The Morgan fingerprint density at radius 3 is 2.55 bits per heavy atom. The summed E-state index contributed by atoms with van der Waals surface area (Å²) >= 11 is 0. The Morgan fingerprint density at radius 1 is 0.909 bits per heavy atom. The molecule has 0 aliphatic rings. The zero-order valence-corrected chi connectivity index (χ0v) is 12.1. The van der Waals surface area contributed by atoms with Crippen LogP contribution in [0.5, 0.6) is 0 Å². The number of aryl methyl sites for hydroxylation is 2. The second kappa shape index (κ2) is 5.15. The molecule has 0 aliphatic carbocycles. The van der Waals surface area contributed by atoms with Crippen LogP contribution in [0.3, 0.4) is 0 Å². The molecule has 0 saturated heterocycles. The standard InChI is InChI=1S/C18H16N4/c19-18-17-15(14-8-4-5-9-16(14)20-18)12-22(21-17)11-10-13-6-2-1-3-7-13/h1-9,12H,10-11H2,(H2,19,20). The summed E-state index contributed by atoms with van der Waals surface area (Å²) < 4.78 is 1.96. The second-order valence-electron chi connectivity index (χ2n) is 5.40. The molecule has 2 N–H and O–H groups in total. The number of rotatable bonds is 3. The van der Waals surface area contributed by atoms with Crippen molar-refractivity contribution in [2.24, 2.45) is 0 Å². The summed E-state index contributed by atoms with van der Waals surface area (Å²) in [6.07, 6.45) is 3.01. The summed E-state index contributed by atoms with van der Waals surface area (Å²) in [6.45, 7) is 0.826. The number of aromatic nitrogens is 3. The fourth-order valence-electron chi connectivity index (χ4n) is 2.79. The van der Waals surface area contributed by atoms with E-state index in [4.69, 9.17) is 5.73 Å². The Bertz CT molecular complexity index is 941.